The molecule has 56 heavy (non-hydrogen) atoms. The van der Waals surface area contributed by atoms with E-state index in [1.807, 2.05) is 6.92 Å². The fourth-order valence-electron chi connectivity index (χ4n) is 7.43. The molecule has 3 aliphatic rings. The van der Waals surface area contributed by atoms with Crippen LogP contribution < -0.4 is 10.2 Å². The molecule has 1 aromatic rings. The van der Waals surface area contributed by atoms with Crippen LogP contribution in [0.1, 0.15) is 97.0 Å². The molecule has 15 heteroatoms. The van der Waals surface area contributed by atoms with Crippen molar-refractivity contribution in [2.45, 2.75) is 133 Å². The second kappa shape index (κ2) is 17.8. The summed E-state index contributed by atoms with van der Waals surface area (Å²) in [6.45, 7) is 15.2. The number of amides is 3. The molecule has 4 rings (SSSR count). The number of fused-ring (bicyclic) bond motifs is 5. The maximum atomic E-state index is 14.2. The molecule has 2 N–H and O–H groups in total. The van der Waals surface area contributed by atoms with Gasteiger partial charge in [0.1, 0.15) is 30.1 Å². The van der Waals surface area contributed by atoms with Crippen molar-refractivity contribution in [3.05, 3.63) is 52.1 Å². The number of esters is 1. The Morgan fingerprint density at radius 2 is 1.91 bits per heavy atom. The molecule has 308 valence electrons. The third-order valence-corrected chi connectivity index (χ3v) is 12.7. The van der Waals surface area contributed by atoms with Crippen LogP contribution in [-0.4, -0.2) is 106 Å². The Bertz CT molecular complexity index is 1770. The second-order valence-electron chi connectivity index (χ2n) is 16.3. The van der Waals surface area contributed by atoms with E-state index < -0.39 is 65.5 Å². The van der Waals surface area contributed by atoms with Crippen LogP contribution in [0.25, 0.3) is 0 Å². The van der Waals surface area contributed by atoms with E-state index in [2.05, 4.69) is 33.0 Å². The molecule has 0 unspecified atom stereocenters. The molecular weight excluding hydrogens is 762 g/mol. The van der Waals surface area contributed by atoms with Crippen LogP contribution in [0, 0.1) is 11.8 Å². The second-order valence-corrected chi connectivity index (χ2v) is 19.0. The number of aldehydes is 2. The van der Waals surface area contributed by atoms with Crippen LogP contribution >= 0.6 is 23.4 Å². The number of carbonyl (C=O) groups is 6. The van der Waals surface area contributed by atoms with Crippen LogP contribution in [0.15, 0.2) is 35.9 Å². The molecular formula is C41H56ClN3O10S. The van der Waals surface area contributed by atoms with E-state index in [1.54, 1.807) is 56.8 Å². The average Bonchev–Trinajstić information content (AvgIpc) is 3.82. The minimum atomic E-state index is -1.99. The molecule has 2 fully saturated rings. The van der Waals surface area contributed by atoms with E-state index in [0.717, 1.165) is 5.57 Å². The highest BCUT2D eigenvalue weighted by Gasteiger charge is 2.64. The molecule has 0 aromatic heterocycles. The lowest BCUT2D eigenvalue weighted by molar-refractivity contribution is -0.162. The molecule has 3 amide bonds. The van der Waals surface area contributed by atoms with Gasteiger partial charge in [0.2, 0.25) is 11.8 Å². The third kappa shape index (κ3) is 10.4. The number of likely N-dealkylation sites (N-methyl/N-ethyl adjacent to an activating group) is 1. The number of ether oxygens (including phenoxy) is 3. The number of nitrogens with zero attached hydrogens (tertiary/aromatic N) is 2. The normalized spacial score (nSPS) is 30.5. The molecule has 13 nitrogen and oxygen atoms in total. The first-order chi connectivity index (χ1) is 26.0. The number of alkyl carbamates (subject to hydrolysis) is 1. The molecule has 0 spiro atoms. The van der Waals surface area contributed by atoms with Crippen molar-refractivity contribution in [1.82, 2.24) is 10.2 Å². The van der Waals surface area contributed by atoms with Crippen molar-refractivity contribution >= 4 is 65.5 Å². The number of benzene rings is 1. The third-order valence-electron chi connectivity index (χ3n) is 11.0. The van der Waals surface area contributed by atoms with Crippen LogP contribution in [0.3, 0.4) is 0 Å². The Morgan fingerprint density at radius 1 is 1.23 bits per heavy atom. The van der Waals surface area contributed by atoms with Crippen molar-refractivity contribution in [2.24, 2.45) is 11.8 Å². The molecule has 8 atom stereocenters. The number of anilines is 1. The minimum Gasteiger partial charge on any atom is -0.457 e. The van der Waals surface area contributed by atoms with Crippen LogP contribution in [0.5, 0.6) is 0 Å². The number of nitrogens with one attached hydrogen (secondary N) is 1. The zero-order valence-electron chi connectivity index (χ0n) is 33.9. The molecule has 3 aliphatic heterocycles. The maximum Gasteiger partial charge on any atom is 0.409 e. The first kappa shape index (κ1) is 45.0. The number of halogens is 1. The lowest BCUT2D eigenvalue weighted by Crippen LogP contribution is -2.61. The van der Waals surface area contributed by atoms with Gasteiger partial charge in [0.05, 0.1) is 29.2 Å². The van der Waals surface area contributed by atoms with Crippen molar-refractivity contribution < 1.29 is 48.1 Å². The van der Waals surface area contributed by atoms with E-state index in [1.165, 1.54) is 30.0 Å². The zero-order chi connectivity index (χ0) is 41.9. The van der Waals surface area contributed by atoms with Gasteiger partial charge in [-0.3, -0.25) is 19.7 Å². The summed E-state index contributed by atoms with van der Waals surface area (Å²) in [7, 11) is 3.04. The first-order valence-electron chi connectivity index (χ1n) is 18.9. The molecule has 2 saturated heterocycles. The summed E-state index contributed by atoms with van der Waals surface area (Å²) in [4.78, 5) is 81.2. The smallest absolute Gasteiger partial charge is 0.409 e. The van der Waals surface area contributed by atoms with Gasteiger partial charge in [-0.2, -0.15) is 11.8 Å². The molecule has 3 heterocycles. The van der Waals surface area contributed by atoms with Crippen molar-refractivity contribution in [3.8, 4) is 0 Å². The largest absolute Gasteiger partial charge is 0.457 e. The average molecular weight is 818 g/mol. The maximum absolute atomic E-state index is 14.2. The number of aliphatic hydroxyl groups is 1. The summed E-state index contributed by atoms with van der Waals surface area (Å²) in [5.41, 5.74) is -1.37. The fourth-order valence-corrected chi connectivity index (χ4v) is 9.20. The van der Waals surface area contributed by atoms with E-state index >= 15 is 0 Å². The van der Waals surface area contributed by atoms with Crippen molar-refractivity contribution in [1.29, 1.82) is 0 Å². The minimum absolute atomic E-state index is 0.0633. The Kier molecular flexibility index (Phi) is 14.3. The monoisotopic (exact) mass is 817 g/mol. The van der Waals surface area contributed by atoms with E-state index in [-0.39, 0.29) is 46.2 Å². The summed E-state index contributed by atoms with van der Waals surface area (Å²) in [5.74, 6) is -3.26. The Labute approximate surface area is 338 Å². The summed E-state index contributed by atoms with van der Waals surface area (Å²) in [6, 6.07) is 2.30. The van der Waals surface area contributed by atoms with E-state index in [9.17, 15) is 33.9 Å². The molecule has 4 bridgehead atoms. The number of allylic oxidation sites excluding steroid dienone is 3. The van der Waals surface area contributed by atoms with E-state index in [4.69, 9.17) is 25.8 Å². The van der Waals surface area contributed by atoms with E-state index in [0.29, 0.717) is 36.2 Å². The quantitative estimate of drug-likeness (QED) is 0.166. The Morgan fingerprint density at radius 3 is 2.54 bits per heavy atom. The number of rotatable bonds is 10. The summed E-state index contributed by atoms with van der Waals surface area (Å²) >= 11 is 8.43. The number of epoxide rings is 1. The highest BCUT2D eigenvalue weighted by atomic mass is 35.5. The highest BCUT2D eigenvalue weighted by molar-refractivity contribution is 8.01. The van der Waals surface area contributed by atoms with Gasteiger partial charge in [0, 0.05) is 43.2 Å². The zero-order valence-corrected chi connectivity index (χ0v) is 35.5. The van der Waals surface area contributed by atoms with Gasteiger partial charge in [0.15, 0.2) is 12.0 Å². The Hall–Kier alpha value is -3.72. The fraction of sp³-hybridized carbons (Fsp3) is 0.610. The molecule has 0 saturated carbocycles. The first-order valence-corrected chi connectivity index (χ1v) is 20.2. The van der Waals surface area contributed by atoms with Gasteiger partial charge < -0.3 is 33.9 Å². The molecule has 1 aromatic carbocycles. The standard InChI is InChI=1S/C41H56ClN3O10S/c1-23(2)56-39(6,7)15-14-33(48)44(9)26(5)37(50)54-32-19-34(49)45(10)30-18-27(17-28(21-46)35(30)42)16-24(3)12-11-13-29(22-47)41(52)20-31(53-38(51)43-41)25(4)36-40(32,8)55-36/h11-13,17-18,21-23,25-26,29,31-32,36,52H,14-16,19-20H2,1-10H3,(H,43,51)/b13-11+,24-12+/t25-,26-,29+,31+,32+,36+,40+,41+/m1/s1. The van der Waals surface area contributed by atoms with Crippen LogP contribution in [0.4, 0.5) is 10.5 Å². The summed E-state index contributed by atoms with van der Waals surface area (Å²) in [5, 5.41) is 14.5. The van der Waals surface area contributed by atoms with Gasteiger partial charge in [-0.05, 0) is 56.6 Å². The molecule has 0 radical (unpaired) electrons. The SMILES string of the molecule is C/C1=C\C=C\[C@@H](C=O)[C@@]2(O)C[C@H](OC(=O)N2)[C@@H](C)[C@@H]2O[C@@]2(C)[C@@H](OC(=O)[C@@H](C)N(C)C(=O)CCC(C)(C)SC(C)C)CC(=O)N(C)c2cc(cc(C=O)c2Cl)C1. The number of hydrogen-bond acceptors (Lipinski definition) is 11. The lowest BCUT2D eigenvalue weighted by Gasteiger charge is -2.41. The van der Waals surface area contributed by atoms with Gasteiger partial charge in [-0.25, -0.2) is 9.59 Å². The number of thioether (sulfide) groups is 1. The predicted molar refractivity (Wildman–Crippen MR) is 215 cm³/mol. The summed E-state index contributed by atoms with van der Waals surface area (Å²) in [6.07, 6.45) is 2.77. The van der Waals surface area contributed by atoms with Crippen molar-refractivity contribution in [3.63, 3.8) is 0 Å². The highest BCUT2D eigenvalue weighted by Crippen LogP contribution is 2.49. The Balaban J connectivity index is 1.71. The van der Waals surface area contributed by atoms with Gasteiger partial charge >= 0.3 is 12.1 Å². The molecule has 0 aliphatic carbocycles. The van der Waals surface area contributed by atoms with Crippen LogP contribution in [-0.2, 0) is 39.8 Å². The van der Waals surface area contributed by atoms with Gasteiger partial charge in [0.25, 0.3) is 0 Å². The van der Waals surface area contributed by atoms with Gasteiger partial charge in [-0.1, -0.05) is 70.0 Å². The predicted octanol–water partition coefficient (Wildman–Crippen LogP) is 5.82. The lowest BCUT2D eigenvalue weighted by atomic mass is 9.82. The number of hydrogen-bond donors (Lipinski definition) is 2. The van der Waals surface area contributed by atoms with Crippen molar-refractivity contribution in [2.75, 3.05) is 19.0 Å². The summed E-state index contributed by atoms with van der Waals surface area (Å²) < 4.78 is 17.8. The topological polar surface area (TPSA) is 172 Å². The number of carbonyl (C=O) groups excluding carboxylic acids is 6. The van der Waals surface area contributed by atoms with Crippen LogP contribution in [0.2, 0.25) is 5.02 Å². The van der Waals surface area contributed by atoms with Gasteiger partial charge in [-0.15, -0.1) is 0 Å².